The standard InChI is InChI=1S/C30H40N4O4/c1-5-21-14-24-26(17-30(3,4)38-29(24)27(16-21)34-9-11-37-12-10-34)32-19-28(36)25(33-20(2)35)15-22-7-6-8-23(13-22)18-31/h6-8,13-14,16,25-26,28,32,36H,5,9-12,15,17,19H2,1-4H3,(H,33,35)/t25-,26-,28-/m0/s1. The van der Waals surface area contributed by atoms with Crippen LogP contribution in [0.5, 0.6) is 5.75 Å². The van der Waals surface area contributed by atoms with E-state index in [0.29, 0.717) is 31.7 Å². The topological polar surface area (TPSA) is 107 Å². The zero-order valence-corrected chi connectivity index (χ0v) is 22.9. The van der Waals surface area contributed by atoms with Gasteiger partial charge in [-0.1, -0.05) is 25.1 Å². The van der Waals surface area contributed by atoms with Crippen LogP contribution >= 0.6 is 0 Å². The molecule has 2 aliphatic heterocycles. The molecule has 0 unspecified atom stereocenters. The predicted molar refractivity (Wildman–Crippen MR) is 147 cm³/mol. The van der Waals surface area contributed by atoms with Gasteiger partial charge in [0.25, 0.3) is 0 Å². The molecule has 3 atom stereocenters. The Balaban J connectivity index is 1.56. The highest BCUT2D eigenvalue weighted by Crippen LogP contribution is 2.46. The van der Waals surface area contributed by atoms with Gasteiger partial charge < -0.3 is 30.1 Å². The molecule has 38 heavy (non-hydrogen) atoms. The molecule has 8 heteroatoms. The predicted octanol–water partition coefficient (Wildman–Crippen LogP) is 3.26. The number of hydrogen-bond donors (Lipinski definition) is 3. The van der Waals surface area contributed by atoms with E-state index in [9.17, 15) is 15.2 Å². The van der Waals surface area contributed by atoms with Gasteiger partial charge in [0.15, 0.2) is 0 Å². The lowest BCUT2D eigenvalue weighted by Gasteiger charge is -2.42. The molecule has 2 heterocycles. The first-order valence-corrected chi connectivity index (χ1v) is 13.5. The molecule has 204 valence electrons. The van der Waals surface area contributed by atoms with Crippen LogP contribution in [0.25, 0.3) is 0 Å². The van der Waals surface area contributed by atoms with Crippen molar-refractivity contribution in [3.8, 4) is 11.8 Å². The van der Waals surface area contributed by atoms with Gasteiger partial charge in [0.05, 0.1) is 42.7 Å². The molecule has 0 bridgehead atoms. The number of rotatable bonds is 9. The van der Waals surface area contributed by atoms with Gasteiger partial charge in [-0.15, -0.1) is 0 Å². The largest absolute Gasteiger partial charge is 0.485 e. The SMILES string of the molecule is CCc1cc2c(c(N3CCOCC3)c1)OC(C)(C)C[C@@H]2NC[C@H](O)[C@H](Cc1cccc(C#N)c1)NC(C)=O. The number of nitriles is 1. The monoisotopic (exact) mass is 520 g/mol. The van der Waals surface area contributed by atoms with Crippen LogP contribution in [0.1, 0.15) is 62.4 Å². The minimum Gasteiger partial charge on any atom is -0.485 e. The molecule has 2 aliphatic rings. The second kappa shape index (κ2) is 12.2. The van der Waals surface area contributed by atoms with Crippen LogP contribution in [0.4, 0.5) is 5.69 Å². The van der Waals surface area contributed by atoms with Gasteiger partial charge in [0.2, 0.25) is 5.91 Å². The van der Waals surface area contributed by atoms with Gasteiger partial charge >= 0.3 is 0 Å². The number of morpholine rings is 1. The third kappa shape index (κ3) is 6.84. The Morgan fingerprint density at radius 1 is 1.24 bits per heavy atom. The fourth-order valence-corrected chi connectivity index (χ4v) is 5.38. The van der Waals surface area contributed by atoms with Crippen molar-refractivity contribution >= 4 is 11.6 Å². The maximum absolute atomic E-state index is 12.0. The number of fused-ring (bicyclic) bond motifs is 1. The molecule has 4 rings (SSSR count). The molecule has 2 aromatic rings. The van der Waals surface area contributed by atoms with Crippen molar-refractivity contribution in [3.05, 3.63) is 58.7 Å². The quantitative estimate of drug-likeness (QED) is 0.466. The molecule has 0 aromatic heterocycles. The smallest absolute Gasteiger partial charge is 0.217 e. The van der Waals surface area contributed by atoms with E-state index in [1.165, 1.54) is 12.5 Å². The average Bonchev–Trinajstić information content (AvgIpc) is 2.90. The fraction of sp³-hybridized carbons (Fsp3) is 0.533. The van der Waals surface area contributed by atoms with Crippen LogP contribution in [0.2, 0.25) is 0 Å². The number of ether oxygens (including phenoxy) is 2. The summed E-state index contributed by atoms with van der Waals surface area (Å²) in [6.07, 6.45) is 1.26. The summed E-state index contributed by atoms with van der Waals surface area (Å²) in [5, 5.41) is 27.0. The number of carbonyl (C=O) groups excluding carboxylic acids is 1. The van der Waals surface area contributed by atoms with Gasteiger partial charge in [0.1, 0.15) is 11.4 Å². The number of anilines is 1. The first kappa shape index (κ1) is 27.9. The van der Waals surface area contributed by atoms with E-state index in [2.05, 4.69) is 54.5 Å². The molecule has 0 aliphatic carbocycles. The van der Waals surface area contributed by atoms with Gasteiger partial charge in [-0.3, -0.25) is 4.79 Å². The van der Waals surface area contributed by atoms with Gasteiger partial charge in [-0.05, 0) is 56.0 Å². The third-order valence-electron chi connectivity index (χ3n) is 7.31. The molecule has 2 aromatic carbocycles. The van der Waals surface area contributed by atoms with Crippen molar-refractivity contribution in [3.63, 3.8) is 0 Å². The molecule has 1 amide bonds. The van der Waals surface area contributed by atoms with Crippen LogP contribution in [0.15, 0.2) is 36.4 Å². The van der Waals surface area contributed by atoms with E-state index in [1.54, 1.807) is 12.1 Å². The van der Waals surface area contributed by atoms with E-state index in [1.807, 2.05) is 12.1 Å². The molecule has 1 fully saturated rings. The summed E-state index contributed by atoms with van der Waals surface area (Å²) in [5.41, 5.74) is 4.52. The maximum Gasteiger partial charge on any atom is 0.217 e. The average molecular weight is 521 g/mol. The van der Waals surface area contributed by atoms with Crippen molar-refractivity contribution in [1.82, 2.24) is 10.6 Å². The lowest BCUT2D eigenvalue weighted by atomic mass is 9.87. The van der Waals surface area contributed by atoms with Gasteiger partial charge in [-0.2, -0.15) is 5.26 Å². The van der Waals surface area contributed by atoms with E-state index in [4.69, 9.17) is 9.47 Å². The molecule has 0 radical (unpaired) electrons. The number of carbonyl (C=O) groups is 1. The minimum absolute atomic E-state index is 0.0189. The maximum atomic E-state index is 12.0. The number of amides is 1. The Hall–Kier alpha value is -3.12. The molecule has 0 spiro atoms. The number of aliphatic hydroxyl groups excluding tert-OH is 1. The Morgan fingerprint density at radius 2 is 2.00 bits per heavy atom. The van der Waals surface area contributed by atoms with Crippen molar-refractivity contribution in [2.75, 3.05) is 37.7 Å². The van der Waals surface area contributed by atoms with Crippen LogP contribution in [-0.4, -0.2) is 61.6 Å². The zero-order chi connectivity index (χ0) is 27.3. The number of nitrogens with one attached hydrogen (secondary N) is 2. The number of hydrogen-bond acceptors (Lipinski definition) is 7. The summed E-state index contributed by atoms with van der Waals surface area (Å²) in [5.74, 6) is 0.699. The number of aryl methyl sites for hydroxylation is 1. The summed E-state index contributed by atoms with van der Waals surface area (Å²) in [6.45, 7) is 11.2. The Morgan fingerprint density at radius 3 is 2.68 bits per heavy atom. The van der Waals surface area contributed by atoms with Crippen molar-refractivity contribution in [1.29, 1.82) is 5.26 Å². The van der Waals surface area contributed by atoms with E-state index < -0.39 is 12.1 Å². The van der Waals surface area contributed by atoms with Crippen molar-refractivity contribution in [2.24, 2.45) is 0 Å². The van der Waals surface area contributed by atoms with Crippen LogP contribution in [0.3, 0.4) is 0 Å². The van der Waals surface area contributed by atoms with E-state index in [-0.39, 0.29) is 17.6 Å². The van der Waals surface area contributed by atoms with Crippen LogP contribution in [-0.2, 0) is 22.4 Å². The Kier molecular flexibility index (Phi) is 8.93. The minimum atomic E-state index is -0.827. The lowest BCUT2D eigenvalue weighted by Crippen LogP contribution is -2.49. The lowest BCUT2D eigenvalue weighted by molar-refractivity contribution is -0.120. The Labute approximate surface area is 225 Å². The molecule has 8 nitrogen and oxygen atoms in total. The van der Waals surface area contributed by atoms with Gasteiger partial charge in [-0.25, -0.2) is 0 Å². The van der Waals surface area contributed by atoms with Crippen molar-refractivity contribution in [2.45, 2.75) is 70.7 Å². The molecular formula is C30H40N4O4. The highest BCUT2D eigenvalue weighted by atomic mass is 16.5. The summed E-state index contributed by atoms with van der Waals surface area (Å²) in [7, 11) is 0. The molecule has 0 saturated carbocycles. The first-order valence-electron chi connectivity index (χ1n) is 13.5. The molecule has 3 N–H and O–H groups in total. The molecule has 1 saturated heterocycles. The normalized spacial score (nSPS) is 20.0. The second-order valence-corrected chi connectivity index (χ2v) is 10.9. The third-order valence-corrected chi connectivity index (χ3v) is 7.31. The summed E-state index contributed by atoms with van der Waals surface area (Å²) in [6, 6.07) is 13.4. The molecular weight excluding hydrogens is 480 g/mol. The highest BCUT2D eigenvalue weighted by molar-refractivity contribution is 5.73. The number of aliphatic hydroxyl groups is 1. The Bertz CT molecular complexity index is 1170. The summed E-state index contributed by atoms with van der Waals surface area (Å²) >= 11 is 0. The van der Waals surface area contributed by atoms with E-state index >= 15 is 0 Å². The van der Waals surface area contributed by atoms with Crippen LogP contribution in [0, 0.1) is 11.3 Å². The fourth-order valence-electron chi connectivity index (χ4n) is 5.38. The van der Waals surface area contributed by atoms with Crippen LogP contribution < -0.4 is 20.3 Å². The second-order valence-electron chi connectivity index (χ2n) is 10.9. The summed E-state index contributed by atoms with van der Waals surface area (Å²) in [4.78, 5) is 14.3. The summed E-state index contributed by atoms with van der Waals surface area (Å²) < 4.78 is 12.2. The van der Waals surface area contributed by atoms with Gasteiger partial charge in [0, 0.05) is 44.6 Å². The van der Waals surface area contributed by atoms with Crippen molar-refractivity contribution < 1.29 is 19.4 Å². The first-order chi connectivity index (χ1) is 18.2. The number of benzene rings is 2. The highest BCUT2D eigenvalue weighted by Gasteiger charge is 2.37. The zero-order valence-electron chi connectivity index (χ0n) is 22.9. The van der Waals surface area contributed by atoms with E-state index in [0.717, 1.165) is 48.5 Å². The number of nitrogens with zero attached hydrogens (tertiary/aromatic N) is 2.